The lowest BCUT2D eigenvalue weighted by atomic mass is 10.3. The Morgan fingerprint density at radius 2 is 2.12 bits per heavy atom. The van der Waals surface area contributed by atoms with Crippen molar-refractivity contribution in [2.45, 2.75) is 19.0 Å². The molecular weight excluding hydrogens is 451 g/mol. The third kappa shape index (κ3) is 5.43. The molecule has 0 bridgehead atoms. The van der Waals surface area contributed by atoms with Gasteiger partial charge in [0.1, 0.15) is 5.82 Å². The molecule has 0 amide bonds. The lowest BCUT2D eigenvalue weighted by Crippen LogP contribution is -2.44. The van der Waals surface area contributed by atoms with Gasteiger partial charge in [0.15, 0.2) is 5.96 Å². The summed E-state index contributed by atoms with van der Waals surface area (Å²) in [6.45, 7) is 2.41. The summed E-state index contributed by atoms with van der Waals surface area (Å²) in [5.41, 5.74) is 0.980. The van der Waals surface area contributed by atoms with Crippen molar-refractivity contribution in [3.8, 4) is 0 Å². The summed E-state index contributed by atoms with van der Waals surface area (Å²) < 4.78 is 0. The second-order valence-corrected chi connectivity index (χ2v) is 6.04. The molecule has 3 heterocycles. The third-order valence-electron chi connectivity index (χ3n) is 3.95. The number of nitrogens with zero attached hydrogens (tertiary/aromatic N) is 4. The fourth-order valence-electron chi connectivity index (χ4n) is 2.75. The summed E-state index contributed by atoms with van der Waals surface area (Å²) >= 11 is 6.23. The Bertz CT molecular complexity index is 697. The van der Waals surface area contributed by atoms with E-state index in [1.165, 1.54) is 0 Å². The number of anilines is 1. The van der Waals surface area contributed by atoms with Gasteiger partial charge in [-0.15, -0.1) is 24.0 Å². The van der Waals surface area contributed by atoms with Crippen LogP contribution in [0.3, 0.4) is 0 Å². The number of hydrogen-bond donors (Lipinski definition) is 2. The Balaban J connectivity index is 0.00000225. The van der Waals surface area contributed by atoms with Crippen molar-refractivity contribution < 1.29 is 0 Å². The molecule has 1 aliphatic rings. The molecule has 0 saturated carbocycles. The van der Waals surface area contributed by atoms with Crippen LogP contribution in [0.5, 0.6) is 0 Å². The Morgan fingerprint density at radius 3 is 2.84 bits per heavy atom. The van der Waals surface area contributed by atoms with E-state index in [1.807, 2.05) is 30.3 Å². The quantitative estimate of drug-likeness (QED) is 0.407. The molecule has 0 radical (unpaired) electrons. The molecule has 1 unspecified atom stereocenters. The molecule has 0 aromatic carbocycles. The number of guanidine groups is 1. The van der Waals surface area contributed by atoms with Gasteiger partial charge in [0.05, 0.1) is 17.3 Å². The molecule has 1 atom stereocenters. The molecule has 1 saturated heterocycles. The van der Waals surface area contributed by atoms with Gasteiger partial charge in [0, 0.05) is 38.6 Å². The highest BCUT2D eigenvalue weighted by Crippen LogP contribution is 2.25. The van der Waals surface area contributed by atoms with Gasteiger partial charge in [-0.25, -0.2) is 4.98 Å². The predicted octanol–water partition coefficient (Wildman–Crippen LogP) is 2.69. The van der Waals surface area contributed by atoms with Gasteiger partial charge >= 0.3 is 0 Å². The first kappa shape index (κ1) is 19.7. The Kier molecular flexibility index (Phi) is 7.70. The van der Waals surface area contributed by atoms with Crippen molar-refractivity contribution in [1.82, 2.24) is 20.6 Å². The number of hydrogen-bond acceptors (Lipinski definition) is 4. The Morgan fingerprint density at radius 1 is 1.28 bits per heavy atom. The molecule has 2 N–H and O–H groups in total. The van der Waals surface area contributed by atoms with E-state index in [4.69, 9.17) is 11.6 Å². The van der Waals surface area contributed by atoms with E-state index in [9.17, 15) is 0 Å². The van der Waals surface area contributed by atoms with Crippen molar-refractivity contribution in [3.05, 3.63) is 53.4 Å². The number of aromatic nitrogens is 2. The van der Waals surface area contributed by atoms with Crippen molar-refractivity contribution in [3.63, 3.8) is 0 Å². The van der Waals surface area contributed by atoms with E-state index in [-0.39, 0.29) is 24.0 Å². The van der Waals surface area contributed by atoms with Gasteiger partial charge in [0.2, 0.25) is 0 Å². The van der Waals surface area contributed by atoms with Crippen LogP contribution in [0.25, 0.3) is 0 Å². The molecule has 0 spiro atoms. The average molecular weight is 473 g/mol. The van der Waals surface area contributed by atoms with Crippen LogP contribution in [0.1, 0.15) is 12.1 Å². The van der Waals surface area contributed by atoms with Crippen molar-refractivity contribution in [2.75, 3.05) is 25.0 Å². The monoisotopic (exact) mass is 472 g/mol. The normalized spacial score (nSPS) is 17.1. The number of halogens is 2. The molecule has 1 aliphatic heterocycles. The van der Waals surface area contributed by atoms with Crippen molar-refractivity contribution in [2.24, 2.45) is 4.99 Å². The molecule has 6 nitrogen and oxygen atoms in total. The van der Waals surface area contributed by atoms with Crippen LogP contribution in [0.4, 0.5) is 5.82 Å². The lowest BCUT2D eigenvalue weighted by Gasteiger charge is -2.20. The molecule has 1 fully saturated rings. The van der Waals surface area contributed by atoms with Crippen LogP contribution < -0.4 is 15.5 Å². The van der Waals surface area contributed by atoms with E-state index < -0.39 is 0 Å². The zero-order valence-corrected chi connectivity index (χ0v) is 17.1. The number of nitrogens with one attached hydrogen (secondary N) is 2. The number of rotatable bonds is 4. The van der Waals surface area contributed by atoms with Gasteiger partial charge in [-0.3, -0.25) is 9.98 Å². The van der Waals surface area contributed by atoms with Crippen LogP contribution in [-0.4, -0.2) is 42.1 Å². The van der Waals surface area contributed by atoms with Crippen molar-refractivity contribution in [1.29, 1.82) is 0 Å². The standard InChI is InChI=1S/C17H21ClN6.HI/c1-19-17(22-11-13-5-2-3-8-20-13)23-14-7-10-24(12-14)16-15(18)6-4-9-21-16;/h2-6,8-9,14H,7,10-12H2,1H3,(H2,19,22,23);1H. The largest absolute Gasteiger partial charge is 0.353 e. The maximum Gasteiger partial charge on any atom is 0.191 e. The van der Waals surface area contributed by atoms with Gasteiger partial charge in [0.25, 0.3) is 0 Å². The zero-order chi connectivity index (χ0) is 16.8. The fourth-order valence-corrected chi connectivity index (χ4v) is 2.99. The highest BCUT2D eigenvalue weighted by atomic mass is 127. The maximum absolute atomic E-state index is 6.23. The van der Waals surface area contributed by atoms with Gasteiger partial charge < -0.3 is 15.5 Å². The van der Waals surface area contributed by atoms with E-state index in [1.54, 1.807) is 19.4 Å². The summed E-state index contributed by atoms with van der Waals surface area (Å²) in [6, 6.07) is 9.90. The first-order chi connectivity index (χ1) is 11.8. The first-order valence-corrected chi connectivity index (χ1v) is 8.36. The Hall–Kier alpha value is -1.61. The lowest BCUT2D eigenvalue weighted by molar-refractivity contribution is 0.647. The minimum atomic E-state index is 0. The van der Waals surface area contributed by atoms with Crippen LogP contribution in [0.15, 0.2) is 47.7 Å². The summed E-state index contributed by atoms with van der Waals surface area (Å²) in [5, 5.41) is 7.44. The molecule has 134 valence electrons. The average Bonchev–Trinajstić information content (AvgIpc) is 3.08. The summed E-state index contributed by atoms with van der Waals surface area (Å²) in [7, 11) is 1.77. The molecular formula is C17H22ClIN6. The number of pyridine rings is 2. The molecule has 8 heteroatoms. The molecule has 2 aromatic heterocycles. The topological polar surface area (TPSA) is 65.4 Å². The fraction of sp³-hybridized carbons (Fsp3) is 0.353. The maximum atomic E-state index is 6.23. The van der Waals surface area contributed by atoms with Crippen LogP contribution in [0, 0.1) is 0 Å². The number of aliphatic imine (C=N–C) groups is 1. The van der Waals surface area contributed by atoms with Crippen LogP contribution in [0.2, 0.25) is 5.02 Å². The second kappa shape index (κ2) is 9.76. The van der Waals surface area contributed by atoms with E-state index in [0.717, 1.165) is 37.0 Å². The third-order valence-corrected chi connectivity index (χ3v) is 4.25. The summed E-state index contributed by atoms with van der Waals surface area (Å²) in [4.78, 5) is 15.2. The minimum absolute atomic E-state index is 0. The minimum Gasteiger partial charge on any atom is -0.353 e. The molecule has 3 rings (SSSR count). The van der Waals surface area contributed by atoms with Gasteiger partial charge in [-0.1, -0.05) is 17.7 Å². The highest BCUT2D eigenvalue weighted by molar-refractivity contribution is 14.0. The first-order valence-electron chi connectivity index (χ1n) is 7.99. The summed E-state index contributed by atoms with van der Waals surface area (Å²) in [5.74, 6) is 1.62. The van der Waals surface area contributed by atoms with Gasteiger partial charge in [-0.2, -0.15) is 0 Å². The van der Waals surface area contributed by atoms with Crippen molar-refractivity contribution >= 4 is 47.4 Å². The SMILES string of the molecule is CN=C(NCc1ccccn1)NC1CCN(c2ncccc2Cl)C1.I. The van der Waals surface area contributed by atoms with E-state index in [0.29, 0.717) is 17.6 Å². The second-order valence-electron chi connectivity index (χ2n) is 5.63. The van der Waals surface area contributed by atoms with Crippen LogP contribution in [-0.2, 0) is 6.54 Å². The smallest absolute Gasteiger partial charge is 0.191 e. The summed E-state index contributed by atoms with van der Waals surface area (Å²) in [6.07, 6.45) is 4.57. The highest BCUT2D eigenvalue weighted by Gasteiger charge is 2.25. The predicted molar refractivity (Wildman–Crippen MR) is 113 cm³/mol. The molecule has 25 heavy (non-hydrogen) atoms. The van der Waals surface area contributed by atoms with Crippen LogP contribution >= 0.6 is 35.6 Å². The Labute approximate surface area is 170 Å². The van der Waals surface area contributed by atoms with E-state index >= 15 is 0 Å². The van der Waals surface area contributed by atoms with E-state index in [2.05, 4.69) is 30.5 Å². The molecule has 2 aromatic rings. The van der Waals surface area contributed by atoms with Gasteiger partial charge in [-0.05, 0) is 30.7 Å². The molecule has 0 aliphatic carbocycles. The zero-order valence-electron chi connectivity index (χ0n) is 14.0.